The molecule has 2 N–H and O–H groups in total. The van der Waals surface area contributed by atoms with E-state index < -0.39 is 23.6 Å². The van der Waals surface area contributed by atoms with Gasteiger partial charge in [0.05, 0.1) is 12.5 Å². The highest BCUT2D eigenvalue weighted by Gasteiger charge is 2.36. The second-order valence-corrected chi connectivity index (χ2v) is 5.41. The van der Waals surface area contributed by atoms with E-state index in [-0.39, 0.29) is 30.5 Å². The number of hydrogen-bond donors (Lipinski definition) is 2. The molecule has 1 aromatic carbocycles. The average Bonchev–Trinajstić information content (AvgIpc) is 2.86. The van der Waals surface area contributed by atoms with E-state index >= 15 is 0 Å². The van der Waals surface area contributed by atoms with E-state index in [1.807, 2.05) is 0 Å². The first-order valence-electron chi connectivity index (χ1n) is 6.93. The maximum Gasteiger partial charge on any atom is 0.308 e. The molecule has 0 unspecified atom stereocenters. The van der Waals surface area contributed by atoms with Crippen molar-refractivity contribution in [1.82, 2.24) is 10.2 Å². The number of nitrogens with zero attached hydrogens (tertiary/aromatic N) is 1. The number of halogens is 1. The van der Waals surface area contributed by atoms with Crippen LogP contribution in [0.15, 0.2) is 24.3 Å². The quantitative estimate of drug-likeness (QED) is 0.858. The van der Waals surface area contributed by atoms with Gasteiger partial charge >= 0.3 is 5.97 Å². The third kappa shape index (κ3) is 3.60. The topological polar surface area (TPSA) is 86.7 Å². The molecule has 2 rings (SSSR count). The Bertz CT molecular complexity index is 605. The van der Waals surface area contributed by atoms with Crippen molar-refractivity contribution >= 4 is 17.8 Å². The van der Waals surface area contributed by atoms with Crippen molar-refractivity contribution in [3.05, 3.63) is 35.6 Å². The molecule has 1 aliphatic rings. The van der Waals surface area contributed by atoms with E-state index in [4.69, 9.17) is 5.11 Å². The molecule has 0 saturated carbocycles. The van der Waals surface area contributed by atoms with Gasteiger partial charge in [0.25, 0.3) is 5.91 Å². The Labute approximate surface area is 126 Å². The Kier molecular flexibility index (Phi) is 4.75. The Morgan fingerprint density at radius 3 is 2.68 bits per heavy atom. The van der Waals surface area contributed by atoms with Gasteiger partial charge in [0, 0.05) is 18.7 Å². The van der Waals surface area contributed by atoms with Crippen LogP contribution in [0.4, 0.5) is 4.39 Å². The Balaban J connectivity index is 1.88. The Morgan fingerprint density at radius 1 is 1.36 bits per heavy atom. The lowest BCUT2D eigenvalue weighted by atomic mass is 9.99. The van der Waals surface area contributed by atoms with Gasteiger partial charge in [-0.25, -0.2) is 4.39 Å². The summed E-state index contributed by atoms with van der Waals surface area (Å²) in [4.78, 5) is 36.3. The fraction of sp³-hybridized carbons (Fsp3) is 0.400. The molecule has 0 spiro atoms. The molecule has 1 aliphatic heterocycles. The van der Waals surface area contributed by atoms with Gasteiger partial charge in [0.15, 0.2) is 0 Å². The van der Waals surface area contributed by atoms with Gasteiger partial charge in [0.1, 0.15) is 5.82 Å². The summed E-state index contributed by atoms with van der Waals surface area (Å²) in [6, 6.07) is 5.16. The molecular formula is C15H17FN2O4. The molecule has 6 nitrogen and oxygen atoms in total. The highest BCUT2D eigenvalue weighted by Crippen LogP contribution is 2.22. The molecule has 0 radical (unpaired) electrons. The Hall–Kier alpha value is -2.44. The monoisotopic (exact) mass is 308 g/mol. The fourth-order valence-electron chi connectivity index (χ4n) is 2.49. The van der Waals surface area contributed by atoms with Gasteiger partial charge in [0.2, 0.25) is 5.91 Å². The number of aliphatic carboxylic acids is 1. The molecule has 1 fully saturated rings. The minimum atomic E-state index is -0.924. The summed E-state index contributed by atoms with van der Waals surface area (Å²) in [5, 5.41) is 11.5. The Morgan fingerprint density at radius 2 is 2.09 bits per heavy atom. The first-order chi connectivity index (χ1) is 10.4. The van der Waals surface area contributed by atoms with Crippen LogP contribution in [0, 0.1) is 17.7 Å². The SMILES string of the molecule is C[C@@H]1CN(C(=O)CNC(=O)c2cccc(F)c2)C[C@H]1C(=O)O. The number of hydrogen-bond acceptors (Lipinski definition) is 3. The third-order valence-electron chi connectivity index (χ3n) is 3.77. The van der Waals surface area contributed by atoms with Crippen molar-refractivity contribution in [2.75, 3.05) is 19.6 Å². The number of carbonyl (C=O) groups is 3. The minimum absolute atomic E-state index is 0.125. The summed E-state index contributed by atoms with van der Waals surface area (Å²) < 4.78 is 13.0. The maximum absolute atomic E-state index is 13.0. The van der Waals surface area contributed by atoms with Crippen molar-refractivity contribution in [2.24, 2.45) is 11.8 Å². The third-order valence-corrected chi connectivity index (χ3v) is 3.77. The average molecular weight is 308 g/mol. The van der Waals surface area contributed by atoms with Crippen LogP contribution in [0.2, 0.25) is 0 Å². The predicted octanol–water partition coefficient (Wildman–Crippen LogP) is 0.735. The fourth-order valence-corrected chi connectivity index (χ4v) is 2.49. The van der Waals surface area contributed by atoms with Crippen molar-refractivity contribution in [2.45, 2.75) is 6.92 Å². The van der Waals surface area contributed by atoms with Crippen LogP contribution < -0.4 is 5.32 Å². The molecule has 1 saturated heterocycles. The van der Waals surface area contributed by atoms with Gasteiger partial charge in [-0.2, -0.15) is 0 Å². The number of carboxylic acids is 1. The number of amides is 2. The number of carbonyl (C=O) groups excluding carboxylic acids is 2. The van der Waals surface area contributed by atoms with Gasteiger partial charge < -0.3 is 15.3 Å². The largest absolute Gasteiger partial charge is 0.481 e. The molecule has 0 aromatic heterocycles. The summed E-state index contributed by atoms with van der Waals surface area (Å²) in [6.45, 7) is 2.03. The standard InChI is InChI=1S/C15H17FN2O4/c1-9-7-18(8-12(9)15(21)22)13(19)6-17-14(20)10-3-2-4-11(16)5-10/h2-5,9,12H,6-8H2,1H3,(H,17,20)(H,21,22)/t9-,12-/m1/s1. The summed E-state index contributed by atoms with van der Waals surface area (Å²) in [5.41, 5.74) is 0.131. The summed E-state index contributed by atoms with van der Waals surface area (Å²) >= 11 is 0. The lowest BCUT2D eigenvalue weighted by Gasteiger charge is -2.16. The number of likely N-dealkylation sites (tertiary alicyclic amines) is 1. The predicted molar refractivity (Wildman–Crippen MR) is 75.6 cm³/mol. The van der Waals surface area contributed by atoms with Gasteiger partial charge in [-0.1, -0.05) is 13.0 Å². The molecule has 118 valence electrons. The molecule has 1 aromatic rings. The summed E-state index contributed by atoms with van der Waals surface area (Å²) in [5.74, 6) is -3.05. The number of benzene rings is 1. The van der Waals surface area contributed by atoms with Crippen LogP contribution >= 0.6 is 0 Å². The number of rotatable bonds is 4. The summed E-state index contributed by atoms with van der Waals surface area (Å²) in [6.07, 6.45) is 0. The van der Waals surface area contributed by atoms with Crippen molar-refractivity contribution in [3.63, 3.8) is 0 Å². The molecule has 0 aliphatic carbocycles. The van der Waals surface area contributed by atoms with Crippen molar-refractivity contribution < 1.29 is 23.9 Å². The van der Waals surface area contributed by atoms with Crippen LogP contribution in [-0.2, 0) is 9.59 Å². The summed E-state index contributed by atoms with van der Waals surface area (Å²) in [7, 11) is 0. The van der Waals surface area contributed by atoms with Crippen LogP contribution in [-0.4, -0.2) is 47.4 Å². The molecule has 1 heterocycles. The van der Waals surface area contributed by atoms with E-state index in [2.05, 4.69) is 5.32 Å². The zero-order chi connectivity index (χ0) is 16.3. The van der Waals surface area contributed by atoms with E-state index in [1.54, 1.807) is 6.92 Å². The van der Waals surface area contributed by atoms with Gasteiger partial charge in [-0.05, 0) is 24.1 Å². The van der Waals surface area contributed by atoms with E-state index in [0.717, 1.165) is 6.07 Å². The number of carboxylic acid groups (broad SMARTS) is 1. The molecule has 2 atom stereocenters. The van der Waals surface area contributed by atoms with Crippen LogP contribution in [0.5, 0.6) is 0 Å². The molecule has 0 bridgehead atoms. The number of nitrogens with one attached hydrogen (secondary N) is 1. The van der Waals surface area contributed by atoms with Crippen molar-refractivity contribution in [1.29, 1.82) is 0 Å². The first kappa shape index (κ1) is 15.9. The van der Waals surface area contributed by atoms with Crippen LogP contribution in [0.1, 0.15) is 17.3 Å². The van der Waals surface area contributed by atoms with E-state index in [9.17, 15) is 18.8 Å². The maximum atomic E-state index is 13.0. The van der Waals surface area contributed by atoms with Gasteiger partial charge in [-0.15, -0.1) is 0 Å². The smallest absolute Gasteiger partial charge is 0.308 e. The molecular weight excluding hydrogens is 291 g/mol. The zero-order valence-electron chi connectivity index (χ0n) is 12.1. The van der Waals surface area contributed by atoms with Crippen LogP contribution in [0.3, 0.4) is 0 Å². The minimum Gasteiger partial charge on any atom is -0.481 e. The van der Waals surface area contributed by atoms with Gasteiger partial charge in [-0.3, -0.25) is 14.4 Å². The second-order valence-electron chi connectivity index (χ2n) is 5.41. The normalized spacial score (nSPS) is 20.7. The lowest BCUT2D eigenvalue weighted by Crippen LogP contribution is -2.39. The van der Waals surface area contributed by atoms with Crippen LogP contribution in [0.25, 0.3) is 0 Å². The first-order valence-corrected chi connectivity index (χ1v) is 6.93. The second kappa shape index (κ2) is 6.55. The molecule has 7 heteroatoms. The van der Waals surface area contributed by atoms with Crippen molar-refractivity contribution in [3.8, 4) is 0 Å². The van der Waals surface area contributed by atoms with E-state index in [0.29, 0.717) is 6.54 Å². The molecule has 2 amide bonds. The zero-order valence-corrected chi connectivity index (χ0v) is 12.1. The lowest BCUT2D eigenvalue weighted by molar-refractivity contribution is -0.142. The molecule has 22 heavy (non-hydrogen) atoms. The highest BCUT2D eigenvalue weighted by atomic mass is 19.1. The van der Waals surface area contributed by atoms with E-state index in [1.165, 1.54) is 23.1 Å². The highest BCUT2D eigenvalue weighted by molar-refractivity contribution is 5.96.